The van der Waals surface area contributed by atoms with Crippen LogP contribution in [0.3, 0.4) is 0 Å². The number of hydrogen-bond donors (Lipinski definition) is 2. The summed E-state index contributed by atoms with van der Waals surface area (Å²) in [6.07, 6.45) is 0.987. The Morgan fingerprint density at radius 2 is 2.29 bits per heavy atom. The molecule has 0 aromatic heterocycles. The summed E-state index contributed by atoms with van der Waals surface area (Å²) < 4.78 is 5.57. The lowest BCUT2D eigenvalue weighted by molar-refractivity contribution is 0.351. The highest BCUT2D eigenvalue weighted by Crippen LogP contribution is 2.33. The molecule has 0 spiro atoms. The zero-order valence-electron chi connectivity index (χ0n) is 8.42. The summed E-state index contributed by atoms with van der Waals surface area (Å²) in [7, 11) is 0. The Labute approximate surface area is 84.0 Å². The van der Waals surface area contributed by atoms with E-state index in [2.05, 4.69) is 19.1 Å². The average molecular weight is 192 g/mol. The van der Waals surface area contributed by atoms with Gasteiger partial charge in [-0.1, -0.05) is 17.7 Å². The van der Waals surface area contributed by atoms with Crippen LogP contribution in [0.2, 0.25) is 0 Å². The fourth-order valence-electron chi connectivity index (χ4n) is 1.91. The summed E-state index contributed by atoms with van der Waals surface area (Å²) in [6, 6.07) is 4.12. The summed E-state index contributed by atoms with van der Waals surface area (Å²) in [5, 5.41) is 0. The van der Waals surface area contributed by atoms with Crippen LogP contribution in [0.5, 0.6) is 5.75 Å². The van der Waals surface area contributed by atoms with Crippen LogP contribution in [0.1, 0.15) is 22.7 Å². The smallest absolute Gasteiger partial charge is 0.127 e. The van der Waals surface area contributed by atoms with Crippen molar-refractivity contribution in [1.82, 2.24) is 0 Å². The highest BCUT2D eigenvalue weighted by atomic mass is 16.5. The Kier molecular flexibility index (Phi) is 2.44. The van der Waals surface area contributed by atoms with Crippen LogP contribution in [0.25, 0.3) is 0 Å². The van der Waals surface area contributed by atoms with E-state index in [0.29, 0.717) is 6.54 Å². The molecular weight excluding hydrogens is 176 g/mol. The molecule has 1 aromatic carbocycles. The van der Waals surface area contributed by atoms with Crippen molar-refractivity contribution < 1.29 is 4.74 Å². The number of benzene rings is 1. The molecule has 0 fully saturated rings. The number of nitrogens with two attached hydrogens (primary N) is 2. The number of ether oxygens (including phenoxy) is 1. The van der Waals surface area contributed by atoms with Gasteiger partial charge in [-0.15, -0.1) is 0 Å². The number of rotatable bonds is 2. The van der Waals surface area contributed by atoms with Crippen molar-refractivity contribution in [3.8, 4) is 5.75 Å². The van der Waals surface area contributed by atoms with Crippen LogP contribution < -0.4 is 16.2 Å². The Balaban J connectivity index is 2.48. The van der Waals surface area contributed by atoms with Gasteiger partial charge in [0.2, 0.25) is 0 Å². The first kappa shape index (κ1) is 9.49. The van der Waals surface area contributed by atoms with Gasteiger partial charge in [0.15, 0.2) is 0 Å². The summed E-state index contributed by atoms with van der Waals surface area (Å²) >= 11 is 0. The first-order valence-electron chi connectivity index (χ1n) is 4.94. The molecule has 0 saturated heterocycles. The van der Waals surface area contributed by atoms with Gasteiger partial charge >= 0.3 is 0 Å². The SMILES string of the molecule is Cc1cc2c(c(C(N)CN)c1)OCC2. The molecule has 14 heavy (non-hydrogen) atoms. The van der Waals surface area contributed by atoms with Gasteiger partial charge in [-0.3, -0.25) is 0 Å². The van der Waals surface area contributed by atoms with Crippen LogP contribution >= 0.6 is 0 Å². The summed E-state index contributed by atoms with van der Waals surface area (Å²) in [5.41, 5.74) is 15.1. The predicted molar refractivity (Wildman–Crippen MR) is 56.4 cm³/mol. The van der Waals surface area contributed by atoms with Crippen molar-refractivity contribution in [3.63, 3.8) is 0 Å². The minimum Gasteiger partial charge on any atom is -0.493 e. The summed E-state index contributed by atoms with van der Waals surface area (Å²) in [4.78, 5) is 0. The fraction of sp³-hybridized carbons (Fsp3) is 0.455. The summed E-state index contributed by atoms with van der Waals surface area (Å²) in [6.45, 7) is 3.30. The molecule has 4 N–H and O–H groups in total. The zero-order valence-corrected chi connectivity index (χ0v) is 8.42. The molecule has 1 heterocycles. The topological polar surface area (TPSA) is 61.3 Å². The molecule has 1 atom stereocenters. The summed E-state index contributed by atoms with van der Waals surface area (Å²) in [5.74, 6) is 0.966. The van der Waals surface area contributed by atoms with Gasteiger partial charge in [0.1, 0.15) is 5.75 Å². The van der Waals surface area contributed by atoms with Gasteiger partial charge in [0.05, 0.1) is 6.61 Å². The molecule has 1 unspecified atom stereocenters. The fourth-order valence-corrected chi connectivity index (χ4v) is 1.91. The Bertz CT molecular complexity index is 349. The van der Waals surface area contributed by atoms with E-state index in [1.807, 2.05) is 0 Å². The van der Waals surface area contributed by atoms with Crippen molar-refractivity contribution in [2.75, 3.05) is 13.2 Å². The molecule has 3 heteroatoms. The molecule has 0 radical (unpaired) electrons. The van der Waals surface area contributed by atoms with Gasteiger partial charge in [0.25, 0.3) is 0 Å². The second kappa shape index (κ2) is 3.59. The standard InChI is InChI=1S/C11H16N2O/c1-7-4-8-2-3-14-11(8)9(5-7)10(13)6-12/h4-5,10H,2-3,6,12-13H2,1H3. The van der Waals surface area contributed by atoms with Crippen LogP contribution in [-0.2, 0) is 6.42 Å². The first-order chi connectivity index (χ1) is 6.72. The van der Waals surface area contributed by atoms with Gasteiger partial charge in [0, 0.05) is 24.6 Å². The van der Waals surface area contributed by atoms with Gasteiger partial charge < -0.3 is 16.2 Å². The minimum atomic E-state index is -0.109. The molecule has 1 aromatic rings. The predicted octanol–water partition coefficient (Wildman–Crippen LogP) is 0.888. The number of aryl methyl sites for hydroxylation is 1. The van der Waals surface area contributed by atoms with Crippen LogP contribution in [-0.4, -0.2) is 13.2 Å². The van der Waals surface area contributed by atoms with E-state index in [1.165, 1.54) is 11.1 Å². The molecule has 0 bridgehead atoms. The number of hydrogen-bond acceptors (Lipinski definition) is 3. The molecule has 76 valence electrons. The minimum absolute atomic E-state index is 0.109. The number of fused-ring (bicyclic) bond motifs is 1. The Morgan fingerprint density at radius 3 is 3.00 bits per heavy atom. The lowest BCUT2D eigenvalue weighted by Gasteiger charge is -2.14. The quantitative estimate of drug-likeness (QED) is 0.731. The van der Waals surface area contributed by atoms with Gasteiger partial charge in [-0.25, -0.2) is 0 Å². The van der Waals surface area contributed by atoms with Crippen LogP contribution in [0.4, 0.5) is 0 Å². The van der Waals surface area contributed by atoms with Crippen molar-refractivity contribution in [1.29, 1.82) is 0 Å². The zero-order chi connectivity index (χ0) is 10.1. The lowest BCUT2D eigenvalue weighted by Crippen LogP contribution is -2.21. The molecule has 0 saturated carbocycles. The Hall–Kier alpha value is -1.06. The van der Waals surface area contributed by atoms with Gasteiger partial charge in [-0.05, 0) is 12.5 Å². The van der Waals surface area contributed by atoms with Crippen molar-refractivity contribution in [3.05, 3.63) is 28.8 Å². The first-order valence-corrected chi connectivity index (χ1v) is 4.94. The molecule has 2 rings (SSSR count). The maximum Gasteiger partial charge on any atom is 0.127 e. The molecule has 0 amide bonds. The average Bonchev–Trinajstić information content (AvgIpc) is 2.62. The highest BCUT2D eigenvalue weighted by molar-refractivity contribution is 5.48. The third-order valence-electron chi connectivity index (χ3n) is 2.61. The molecular formula is C11H16N2O. The normalized spacial score (nSPS) is 16.2. The van der Waals surface area contributed by atoms with Crippen molar-refractivity contribution in [2.45, 2.75) is 19.4 Å². The van der Waals surface area contributed by atoms with Gasteiger partial charge in [-0.2, -0.15) is 0 Å². The van der Waals surface area contributed by atoms with E-state index in [1.54, 1.807) is 0 Å². The van der Waals surface area contributed by atoms with Crippen LogP contribution in [0.15, 0.2) is 12.1 Å². The second-order valence-electron chi connectivity index (χ2n) is 3.78. The van der Waals surface area contributed by atoms with Crippen molar-refractivity contribution >= 4 is 0 Å². The monoisotopic (exact) mass is 192 g/mol. The van der Waals surface area contributed by atoms with E-state index >= 15 is 0 Å². The maximum absolute atomic E-state index is 5.93. The third kappa shape index (κ3) is 1.49. The molecule has 3 nitrogen and oxygen atoms in total. The van der Waals surface area contributed by atoms with E-state index < -0.39 is 0 Å². The van der Waals surface area contributed by atoms with Crippen molar-refractivity contribution in [2.24, 2.45) is 11.5 Å². The van der Waals surface area contributed by atoms with Crippen LogP contribution in [0, 0.1) is 6.92 Å². The maximum atomic E-state index is 5.93. The highest BCUT2D eigenvalue weighted by Gasteiger charge is 2.19. The van der Waals surface area contributed by atoms with E-state index in [9.17, 15) is 0 Å². The van der Waals surface area contributed by atoms with E-state index in [-0.39, 0.29) is 6.04 Å². The second-order valence-corrected chi connectivity index (χ2v) is 3.78. The third-order valence-corrected chi connectivity index (χ3v) is 2.61. The largest absolute Gasteiger partial charge is 0.493 e. The Morgan fingerprint density at radius 1 is 1.50 bits per heavy atom. The lowest BCUT2D eigenvalue weighted by atomic mass is 9.99. The van der Waals surface area contributed by atoms with E-state index in [4.69, 9.17) is 16.2 Å². The molecule has 1 aliphatic rings. The molecule has 1 aliphatic heterocycles. The van der Waals surface area contributed by atoms with E-state index in [0.717, 1.165) is 24.3 Å². The molecule has 0 aliphatic carbocycles.